The van der Waals surface area contributed by atoms with E-state index in [-0.39, 0.29) is 23.6 Å². The molecule has 2 unspecified atom stereocenters. The number of carbonyl (C=O) groups excluding carboxylic acids is 3. The van der Waals surface area contributed by atoms with Crippen LogP contribution in [0.1, 0.15) is 53.6 Å². The third kappa shape index (κ3) is 5.91. The smallest absolute Gasteiger partial charge is 0.259 e. The minimum atomic E-state index is -0.0944. The lowest BCUT2D eigenvalue weighted by atomic mass is 9.94. The predicted molar refractivity (Wildman–Crippen MR) is 153 cm³/mol. The highest BCUT2D eigenvalue weighted by Crippen LogP contribution is 2.33. The van der Waals surface area contributed by atoms with Gasteiger partial charge in [-0.1, -0.05) is 22.8 Å². The molecule has 1 aromatic heterocycles. The summed E-state index contributed by atoms with van der Waals surface area (Å²) in [6, 6.07) is 5.84. The van der Waals surface area contributed by atoms with Gasteiger partial charge >= 0.3 is 0 Å². The standard InChI is InChI=1S/C30H40ClN5O4/c1-19-6-7-26(14-27(19)31)36(29(38)23-8-12-34(13-9-23)22(4)37)11-5-10-33-15-24-17-35(18-25(24)16-33)30(39)28-20(2)32-40-21(28)3/h6-7,14,23-25H,5,8-13,15-18H2,1-4H3. The molecule has 40 heavy (non-hydrogen) atoms. The Bertz CT molecular complexity index is 1240. The van der Waals surface area contributed by atoms with Gasteiger partial charge in [-0.25, -0.2) is 0 Å². The molecule has 0 spiro atoms. The van der Waals surface area contributed by atoms with Crippen molar-refractivity contribution in [3.8, 4) is 0 Å². The topological polar surface area (TPSA) is 90.2 Å². The van der Waals surface area contributed by atoms with Gasteiger partial charge in [0.05, 0.1) is 5.69 Å². The second-order valence-corrected chi connectivity index (χ2v) is 12.2. The zero-order valence-corrected chi connectivity index (χ0v) is 24.7. The first-order valence-electron chi connectivity index (χ1n) is 14.4. The van der Waals surface area contributed by atoms with Crippen LogP contribution in [0.5, 0.6) is 0 Å². The lowest BCUT2D eigenvalue weighted by Crippen LogP contribution is -2.44. The molecule has 3 amide bonds. The van der Waals surface area contributed by atoms with E-state index in [1.807, 2.05) is 46.7 Å². The summed E-state index contributed by atoms with van der Waals surface area (Å²) in [6.07, 6.45) is 2.23. The first kappa shape index (κ1) is 28.6. The monoisotopic (exact) mass is 569 g/mol. The number of anilines is 1. The molecule has 2 atom stereocenters. The van der Waals surface area contributed by atoms with Crippen LogP contribution in [0.25, 0.3) is 0 Å². The number of nitrogens with zero attached hydrogens (tertiary/aromatic N) is 5. The van der Waals surface area contributed by atoms with Crippen molar-refractivity contribution in [2.45, 2.75) is 47.0 Å². The van der Waals surface area contributed by atoms with Crippen LogP contribution in [0.3, 0.4) is 0 Å². The van der Waals surface area contributed by atoms with Crippen molar-refractivity contribution in [1.29, 1.82) is 0 Å². The lowest BCUT2D eigenvalue weighted by molar-refractivity contribution is -0.133. The zero-order valence-electron chi connectivity index (χ0n) is 24.0. The molecule has 5 rings (SSSR count). The molecule has 0 saturated carbocycles. The second kappa shape index (κ2) is 11.9. The molecule has 0 aliphatic carbocycles. The van der Waals surface area contributed by atoms with Gasteiger partial charge in [0.25, 0.3) is 5.91 Å². The molecule has 9 nitrogen and oxygen atoms in total. The van der Waals surface area contributed by atoms with Crippen LogP contribution in [0.2, 0.25) is 5.02 Å². The Morgan fingerprint density at radius 2 is 1.70 bits per heavy atom. The molecule has 3 aliphatic heterocycles. The van der Waals surface area contributed by atoms with Crippen molar-refractivity contribution in [3.05, 3.63) is 45.8 Å². The van der Waals surface area contributed by atoms with Gasteiger partial charge in [-0.05, 0) is 76.1 Å². The molecule has 3 aliphatic rings. The van der Waals surface area contributed by atoms with Crippen LogP contribution in [0.15, 0.2) is 22.7 Å². The lowest BCUT2D eigenvalue weighted by Gasteiger charge is -2.34. The number of aryl methyl sites for hydroxylation is 3. The number of carbonyl (C=O) groups is 3. The van der Waals surface area contributed by atoms with Crippen LogP contribution in [-0.4, -0.2) is 89.9 Å². The van der Waals surface area contributed by atoms with Gasteiger partial charge < -0.3 is 24.1 Å². The molecule has 10 heteroatoms. The van der Waals surface area contributed by atoms with Gasteiger partial charge in [0, 0.05) is 69.4 Å². The van der Waals surface area contributed by atoms with Gasteiger partial charge in [-0.15, -0.1) is 0 Å². The number of halogens is 1. The van der Waals surface area contributed by atoms with E-state index in [1.165, 1.54) is 0 Å². The molecule has 1 aromatic carbocycles. The summed E-state index contributed by atoms with van der Waals surface area (Å²) < 4.78 is 5.21. The van der Waals surface area contributed by atoms with Crippen LogP contribution in [0.4, 0.5) is 5.69 Å². The molecule has 4 heterocycles. The SMILES string of the molecule is CC(=O)N1CCC(C(=O)N(CCCN2CC3CN(C(=O)c4c(C)noc4C)CC3C2)c2ccc(C)c(Cl)c2)CC1. The molecule has 0 bridgehead atoms. The minimum Gasteiger partial charge on any atom is -0.361 e. The van der Waals surface area contributed by atoms with Crippen molar-refractivity contribution < 1.29 is 18.9 Å². The van der Waals surface area contributed by atoms with E-state index < -0.39 is 0 Å². The third-order valence-electron chi connectivity index (χ3n) is 8.98. The van der Waals surface area contributed by atoms with Crippen molar-refractivity contribution in [2.24, 2.45) is 17.8 Å². The largest absolute Gasteiger partial charge is 0.361 e. The summed E-state index contributed by atoms with van der Waals surface area (Å²) in [4.78, 5) is 46.7. The zero-order chi connectivity index (χ0) is 28.6. The molecule has 0 radical (unpaired) electrons. The van der Waals surface area contributed by atoms with E-state index in [0.29, 0.717) is 66.4 Å². The fourth-order valence-corrected chi connectivity index (χ4v) is 6.79. The summed E-state index contributed by atoms with van der Waals surface area (Å²) in [6.45, 7) is 13.4. The number of fused-ring (bicyclic) bond motifs is 1. The highest BCUT2D eigenvalue weighted by molar-refractivity contribution is 6.31. The number of hydrogen-bond acceptors (Lipinski definition) is 6. The Kier molecular flexibility index (Phi) is 8.52. The van der Waals surface area contributed by atoms with Crippen molar-refractivity contribution in [2.75, 3.05) is 57.3 Å². The Morgan fingerprint density at radius 1 is 1.02 bits per heavy atom. The number of piperidine rings is 1. The number of rotatable bonds is 7. The molecule has 2 aromatic rings. The first-order valence-corrected chi connectivity index (χ1v) is 14.8. The number of benzene rings is 1. The summed E-state index contributed by atoms with van der Waals surface area (Å²) in [7, 11) is 0. The van der Waals surface area contributed by atoms with Crippen molar-refractivity contribution in [3.63, 3.8) is 0 Å². The summed E-state index contributed by atoms with van der Waals surface area (Å²) in [5.41, 5.74) is 3.07. The number of likely N-dealkylation sites (tertiary alicyclic amines) is 3. The van der Waals surface area contributed by atoms with Crippen LogP contribution in [-0.2, 0) is 9.59 Å². The highest BCUT2D eigenvalue weighted by Gasteiger charge is 2.42. The molecule has 0 N–H and O–H groups in total. The maximum Gasteiger partial charge on any atom is 0.259 e. The maximum absolute atomic E-state index is 13.7. The molecule has 216 valence electrons. The summed E-state index contributed by atoms with van der Waals surface area (Å²) in [5.74, 6) is 1.63. The fourth-order valence-electron chi connectivity index (χ4n) is 6.62. The fraction of sp³-hybridized carbons (Fsp3) is 0.600. The van der Waals surface area contributed by atoms with E-state index >= 15 is 0 Å². The maximum atomic E-state index is 13.7. The van der Waals surface area contributed by atoms with Gasteiger partial charge in [0.15, 0.2) is 0 Å². The van der Waals surface area contributed by atoms with Gasteiger partial charge in [0.2, 0.25) is 11.8 Å². The van der Waals surface area contributed by atoms with Crippen LogP contribution in [0, 0.1) is 38.5 Å². The molecular formula is C30H40ClN5O4. The van der Waals surface area contributed by atoms with Gasteiger partial charge in [0.1, 0.15) is 11.3 Å². The highest BCUT2D eigenvalue weighted by atomic mass is 35.5. The Hall–Kier alpha value is -2.91. The van der Waals surface area contributed by atoms with E-state index in [2.05, 4.69) is 10.1 Å². The Morgan fingerprint density at radius 3 is 2.27 bits per heavy atom. The average molecular weight is 570 g/mol. The average Bonchev–Trinajstić information content (AvgIpc) is 3.60. The Balaban J connectivity index is 1.17. The van der Waals surface area contributed by atoms with Gasteiger partial charge in [-0.2, -0.15) is 0 Å². The van der Waals surface area contributed by atoms with E-state index in [1.54, 1.807) is 13.8 Å². The van der Waals surface area contributed by atoms with E-state index in [4.69, 9.17) is 16.1 Å². The minimum absolute atomic E-state index is 0.0252. The van der Waals surface area contributed by atoms with Crippen molar-refractivity contribution in [1.82, 2.24) is 19.9 Å². The van der Waals surface area contributed by atoms with E-state index in [0.717, 1.165) is 50.4 Å². The first-order chi connectivity index (χ1) is 19.1. The molecular weight excluding hydrogens is 530 g/mol. The van der Waals surface area contributed by atoms with Crippen molar-refractivity contribution >= 4 is 35.0 Å². The molecule has 3 saturated heterocycles. The van der Waals surface area contributed by atoms with Crippen LogP contribution < -0.4 is 4.90 Å². The summed E-state index contributed by atoms with van der Waals surface area (Å²) >= 11 is 6.45. The number of amides is 3. The second-order valence-electron chi connectivity index (χ2n) is 11.7. The normalized spacial score (nSPS) is 21.6. The quantitative estimate of drug-likeness (QED) is 0.502. The molecule has 3 fully saturated rings. The van der Waals surface area contributed by atoms with Crippen LogP contribution >= 0.6 is 11.6 Å². The van der Waals surface area contributed by atoms with Gasteiger partial charge in [-0.3, -0.25) is 14.4 Å². The van der Waals surface area contributed by atoms with E-state index in [9.17, 15) is 14.4 Å². The Labute approximate surface area is 241 Å². The number of aromatic nitrogens is 1. The number of hydrogen-bond donors (Lipinski definition) is 0. The third-order valence-corrected chi connectivity index (χ3v) is 9.38. The predicted octanol–water partition coefficient (Wildman–Crippen LogP) is 3.94. The summed E-state index contributed by atoms with van der Waals surface area (Å²) in [5, 5.41) is 4.60.